The van der Waals surface area contributed by atoms with Crippen LogP contribution in [0.1, 0.15) is 47.2 Å². The van der Waals surface area contributed by atoms with Crippen LogP contribution in [0.15, 0.2) is 243 Å². The molecule has 2 nitrogen and oxygen atoms in total. The third kappa shape index (κ3) is 5.29. The minimum absolute atomic E-state index is 0.150. The maximum Gasteiger partial charge on any atom is 0.0731 e. The van der Waals surface area contributed by atoms with E-state index in [0.717, 1.165) is 34.1 Å². The largest absolute Gasteiger partial charge is 0.311 e. The Bertz CT molecular complexity index is 3790. The smallest absolute Gasteiger partial charge is 0.0731 e. The SMILES string of the molecule is CC1(C)c2ccccc2-c2ccc(N(c3ccc(N(c4ccccc4)c4ccccc4)cc3)c3ccc4c(c3)-c3ccccc3C43c4ccccc4-c4c3c3ccccc3c3ccccc43)cc21. The molecule has 0 N–H and O–H groups in total. The van der Waals surface area contributed by atoms with Gasteiger partial charge in [0.25, 0.3) is 0 Å². The summed E-state index contributed by atoms with van der Waals surface area (Å²) in [5, 5.41) is 5.22. The van der Waals surface area contributed by atoms with Crippen molar-refractivity contribution in [2.45, 2.75) is 24.7 Å². The summed E-state index contributed by atoms with van der Waals surface area (Å²) in [6.07, 6.45) is 0. The van der Waals surface area contributed by atoms with Crippen LogP contribution in [0.25, 0.3) is 54.9 Å². The summed E-state index contributed by atoms with van der Waals surface area (Å²) >= 11 is 0. The van der Waals surface area contributed by atoms with Crippen LogP contribution in [-0.4, -0.2) is 0 Å². The highest BCUT2D eigenvalue weighted by Gasteiger charge is 2.53. The Hall–Kier alpha value is -8.46. The summed E-state index contributed by atoms with van der Waals surface area (Å²) in [5.74, 6) is 0. The van der Waals surface area contributed by atoms with Crippen molar-refractivity contribution in [1.29, 1.82) is 0 Å². The van der Waals surface area contributed by atoms with Crippen LogP contribution >= 0.6 is 0 Å². The van der Waals surface area contributed by atoms with E-state index in [0.29, 0.717) is 0 Å². The Morgan fingerprint density at radius 1 is 0.265 bits per heavy atom. The molecule has 0 amide bonds. The van der Waals surface area contributed by atoms with Gasteiger partial charge in [-0.05, 0) is 161 Å². The molecule has 0 heterocycles. The standard InChI is InChI=1S/C66H46N2/c1-65(2)58-30-16-13-25-51(58)53-39-37-48(42-62(53)65)68(46-35-33-45(34-36-46)67(43-19-5-3-6-20-43)44-21-7-4-8-22-44)47-38-40-61-57(41-47)52-26-14-17-31-59(52)66(61)60-32-18-15-29-56(60)63-54-27-11-9-23-49(54)50-24-10-12-28-55(50)64(63)66/h3-42H,1-2H3. The van der Waals surface area contributed by atoms with Crippen molar-refractivity contribution in [3.05, 3.63) is 276 Å². The van der Waals surface area contributed by atoms with Gasteiger partial charge in [-0.1, -0.05) is 184 Å². The number of para-hydroxylation sites is 2. The van der Waals surface area contributed by atoms with Crippen LogP contribution in [0.2, 0.25) is 0 Å². The molecular formula is C66H46N2. The van der Waals surface area contributed by atoms with Crippen molar-refractivity contribution in [2.75, 3.05) is 9.80 Å². The van der Waals surface area contributed by atoms with Gasteiger partial charge >= 0.3 is 0 Å². The van der Waals surface area contributed by atoms with E-state index in [1.165, 1.54) is 88.3 Å². The average molecular weight is 867 g/mol. The zero-order valence-corrected chi connectivity index (χ0v) is 38.0. The van der Waals surface area contributed by atoms with E-state index < -0.39 is 5.41 Å². The van der Waals surface area contributed by atoms with Crippen molar-refractivity contribution in [3.8, 4) is 33.4 Å². The van der Waals surface area contributed by atoms with E-state index in [1.54, 1.807) is 0 Å². The molecule has 1 unspecified atom stereocenters. The van der Waals surface area contributed by atoms with E-state index in [9.17, 15) is 0 Å². The zero-order chi connectivity index (χ0) is 45.1. The molecule has 11 aromatic carbocycles. The average Bonchev–Trinajstić information content (AvgIpc) is 3.96. The fraction of sp³-hybridized carbons (Fsp3) is 0.0606. The number of nitrogens with zero attached hydrogens (tertiary/aromatic N) is 2. The summed E-state index contributed by atoms with van der Waals surface area (Å²) in [7, 11) is 0. The second-order valence-corrected chi connectivity index (χ2v) is 19.2. The van der Waals surface area contributed by atoms with Gasteiger partial charge < -0.3 is 9.80 Å². The Morgan fingerprint density at radius 2 is 0.662 bits per heavy atom. The Labute approximate surface area is 397 Å². The first-order valence-corrected chi connectivity index (χ1v) is 23.8. The maximum absolute atomic E-state index is 2.48. The summed E-state index contributed by atoms with van der Waals surface area (Å²) in [4.78, 5) is 4.81. The molecule has 0 aliphatic heterocycles. The molecule has 11 aromatic rings. The van der Waals surface area contributed by atoms with E-state index in [-0.39, 0.29) is 5.41 Å². The van der Waals surface area contributed by atoms with Crippen LogP contribution < -0.4 is 9.80 Å². The number of hydrogen-bond donors (Lipinski definition) is 0. The predicted octanol–water partition coefficient (Wildman–Crippen LogP) is 17.6. The predicted molar refractivity (Wildman–Crippen MR) is 285 cm³/mol. The lowest BCUT2D eigenvalue weighted by Gasteiger charge is -2.32. The normalized spacial score (nSPS) is 15.4. The fourth-order valence-corrected chi connectivity index (χ4v) is 12.6. The monoisotopic (exact) mass is 866 g/mol. The topological polar surface area (TPSA) is 6.48 Å². The molecular weight excluding hydrogens is 821 g/mol. The molecule has 0 fully saturated rings. The molecule has 0 saturated heterocycles. The second kappa shape index (κ2) is 14.5. The van der Waals surface area contributed by atoms with Crippen molar-refractivity contribution in [3.63, 3.8) is 0 Å². The zero-order valence-electron chi connectivity index (χ0n) is 38.0. The van der Waals surface area contributed by atoms with Gasteiger partial charge in [-0.2, -0.15) is 0 Å². The summed E-state index contributed by atoms with van der Waals surface area (Å²) in [6, 6.07) is 90.4. The molecule has 320 valence electrons. The van der Waals surface area contributed by atoms with E-state index in [4.69, 9.17) is 0 Å². The van der Waals surface area contributed by atoms with Gasteiger partial charge in [-0.15, -0.1) is 0 Å². The lowest BCUT2D eigenvalue weighted by molar-refractivity contribution is 0.660. The minimum atomic E-state index is -0.506. The van der Waals surface area contributed by atoms with Gasteiger partial charge in [0, 0.05) is 39.5 Å². The second-order valence-electron chi connectivity index (χ2n) is 19.2. The van der Waals surface area contributed by atoms with Crippen LogP contribution in [-0.2, 0) is 10.8 Å². The summed E-state index contributed by atoms with van der Waals surface area (Å²) in [5.41, 5.74) is 22.0. The third-order valence-electron chi connectivity index (χ3n) is 15.4. The molecule has 1 spiro atoms. The molecule has 68 heavy (non-hydrogen) atoms. The molecule has 3 aliphatic carbocycles. The quantitative estimate of drug-likeness (QED) is 0.154. The number of fused-ring (bicyclic) bond motifs is 18. The Balaban J connectivity index is 0.999. The number of anilines is 6. The third-order valence-corrected chi connectivity index (χ3v) is 15.4. The molecule has 1 atom stereocenters. The molecule has 0 saturated carbocycles. The fourth-order valence-electron chi connectivity index (χ4n) is 12.6. The van der Waals surface area contributed by atoms with Crippen molar-refractivity contribution < 1.29 is 0 Å². The van der Waals surface area contributed by atoms with Crippen molar-refractivity contribution in [2.24, 2.45) is 0 Å². The highest BCUT2D eigenvalue weighted by molar-refractivity contribution is 6.20. The highest BCUT2D eigenvalue weighted by atomic mass is 15.2. The minimum Gasteiger partial charge on any atom is -0.311 e. The van der Waals surface area contributed by atoms with Crippen LogP contribution in [0, 0.1) is 0 Å². The summed E-state index contributed by atoms with van der Waals surface area (Å²) < 4.78 is 0. The molecule has 0 radical (unpaired) electrons. The van der Waals surface area contributed by atoms with Gasteiger partial charge in [-0.25, -0.2) is 0 Å². The molecule has 0 aromatic heterocycles. The summed E-state index contributed by atoms with van der Waals surface area (Å²) in [6.45, 7) is 4.75. The van der Waals surface area contributed by atoms with Crippen LogP contribution in [0.3, 0.4) is 0 Å². The van der Waals surface area contributed by atoms with Gasteiger partial charge in [0.15, 0.2) is 0 Å². The van der Waals surface area contributed by atoms with Gasteiger partial charge in [-0.3, -0.25) is 0 Å². The first kappa shape index (κ1) is 38.8. The molecule has 14 rings (SSSR count). The van der Waals surface area contributed by atoms with Gasteiger partial charge in [0.05, 0.1) is 5.41 Å². The van der Waals surface area contributed by atoms with Crippen molar-refractivity contribution >= 4 is 55.7 Å². The highest BCUT2D eigenvalue weighted by Crippen LogP contribution is 2.66. The van der Waals surface area contributed by atoms with E-state index >= 15 is 0 Å². The van der Waals surface area contributed by atoms with Crippen molar-refractivity contribution in [1.82, 2.24) is 0 Å². The first-order valence-electron chi connectivity index (χ1n) is 23.8. The number of benzene rings is 11. The Morgan fingerprint density at radius 3 is 1.31 bits per heavy atom. The van der Waals surface area contributed by atoms with E-state index in [2.05, 4.69) is 266 Å². The lowest BCUT2D eigenvalue weighted by atomic mass is 9.69. The molecule has 3 aliphatic rings. The number of hydrogen-bond acceptors (Lipinski definition) is 2. The Kier molecular flexibility index (Phi) is 8.28. The molecule has 0 bridgehead atoms. The van der Waals surface area contributed by atoms with Gasteiger partial charge in [0.1, 0.15) is 0 Å². The van der Waals surface area contributed by atoms with E-state index in [1.807, 2.05) is 0 Å². The molecule has 2 heteroatoms. The first-order chi connectivity index (χ1) is 33.5. The maximum atomic E-state index is 2.48. The van der Waals surface area contributed by atoms with Gasteiger partial charge in [0.2, 0.25) is 0 Å². The van der Waals surface area contributed by atoms with Crippen LogP contribution in [0.5, 0.6) is 0 Å². The number of rotatable bonds is 6. The van der Waals surface area contributed by atoms with Crippen LogP contribution in [0.4, 0.5) is 34.1 Å². The lowest BCUT2D eigenvalue weighted by Crippen LogP contribution is -2.26.